The molecule has 1 atom stereocenters. The molecule has 0 spiro atoms. The molecule has 0 aromatic heterocycles. The molecule has 0 bridgehead atoms. The summed E-state index contributed by atoms with van der Waals surface area (Å²) in [5.74, 6) is -1.07. The van der Waals surface area contributed by atoms with Crippen molar-refractivity contribution in [1.29, 1.82) is 0 Å². The van der Waals surface area contributed by atoms with Gasteiger partial charge in [-0.05, 0) is 52.7 Å². The number of halogens is 2. The Labute approximate surface area is 188 Å². The summed E-state index contributed by atoms with van der Waals surface area (Å²) in [5, 5.41) is 0.518. The van der Waals surface area contributed by atoms with Crippen LogP contribution in [0.5, 0.6) is 0 Å². The molecule has 30 heavy (non-hydrogen) atoms. The van der Waals surface area contributed by atoms with Crippen molar-refractivity contribution in [3.63, 3.8) is 0 Å². The number of piperazine rings is 1. The molecule has 2 aromatic carbocycles. The minimum absolute atomic E-state index is 0.0957. The number of carbonyl (C=O) groups is 3. The van der Waals surface area contributed by atoms with E-state index in [2.05, 4.69) is 15.9 Å². The zero-order valence-corrected chi connectivity index (χ0v) is 18.6. The van der Waals surface area contributed by atoms with E-state index in [0.717, 1.165) is 10.2 Å². The van der Waals surface area contributed by atoms with Crippen LogP contribution in [0.1, 0.15) is 16.8 Å². The topological polar surface area (TPSA) is 60.9 Å². The smallest absolute Gasteiger partial charge is 0.254 e. The van der Waals surface area contributed by atoms with Crippen LogP contribution < -0.4 is 4.90 Å². The van der Waals surface area contributed by atoms with Crippen molar-refractivity contribution >= 4 is 50.9 Å². The molecule has 156 valence electrons. The number of hydrogen-bond donors (Lipinski definition) is 0. The fourth-order valence-corrected chi connectivity index (χ4v) is 4.66. The number of hydrogen-bond acceptors (Lipinski definition) is 3. The van der Waals surface area contributed by atoms with Crippen LogP contribution in [-0.2, 0) is 9.59 Å². The Morgan fingerprint density at radius 3 is 2.33 bits per heavy atom. The van der Waals surface area contributed by atoms with Gasteiger partial charge in [0.25, 0.3) is 5.91 Å². The third-order valence-electron chi connectivity index (χ3n) is 5.60. The number of amides is 3. The summed E-state index contributed by atoms with van der Waals surface area (Å²) in [6.07, 6.45) is 0.501. The zero-order valence-electron chi connectivity index (χ0n) is 16.3. The molecule has 2 aromatic rings. The minimum atomic E-state index is -0.660. The number of benzene rings is 2. The van der Waals surface area contributed by atoms with E-state index in [1.165, 1.54) is 0 Å². The molecule has 8 heteroatoms. The summed E-state index contributed by atoms with van der Waals surface area (Å²) in [6.45, 7) is 2.23. The zero-order chi connectivity index (χ0) is 21.3. The second-order valence-corrected chi connectivity index (χ2v) is 8.70. The Kier molecular flexibility index (Phi) is 6.11. The highest BCUT2D eigenvalue weighted by molar-refractivity contribution is 9.10. The third kappa shape index (κ3) is 4.09. The lowest BCUT2D eigenvalue weighted by Gasteiger charge is -2.35. The summed E-state index contributed by atoms with van der Waals surface area (Å²) >= 11 is 9.46. The highest BCUT2D eigenvalue weighted by atomic mass is 79.9. The predicted molar refractivity (Wildman–Crippen MR) is 119 cm³/mol. The fraction of sp³-hybridized carbons (Fsp3) is 0.318. The lowest BCUT2D eigenvalue weighted by molar-refractivity contribution is -0.141. The van der Waals surface area contributed by atoms with Gasteiger partial charge in [-0.15, -0.1) is 0 Å². The van der Waals surface area contributed by atoms with Crippen LogP contribution in [0.3, 0.4) is 0 Å². The van der Waals surface area contributed by atoms with Gasteiger partial charge in [0.15, 0.2) is 0 Å². The van der Waals surface area contributed by atoms with Crippen molar-refractivity contribution in [1.82, 2.24) is 9.80 Å². The molecule has 3 amide bonds. The third-order valence-corrected chi connectivity index (χ3v) is 6.50. The van der Waals surface area contributed by atoms with Gasteiger partial charge >= 0.3 is 0 Å². The lowest BCUT2D eigenvalue weighted by Crippen LogP contribution is -2.52. The Hall–Kier alpha value is -2.38. The molecule has 6 nitrogen and oxygen atoms in total. The van der Waals surface area contributed by atoms with E-state index in [9.17, 15) is 14.4 Å². The van der Waals surface area contributed by atoms with Crippen LogP contribution in [0.25, 0.3) is 0 Å². The van der Waals surface area contributed by atoms with Crippen molar-refractivity contribution in [3.8, 4) is 0 Å². The number of anilines is 1. The molecule has 2 aliphatic rings. The summed E-state index contributed by atoms with van der Waals surface area (Å²) in [4.78, 5) is 43.7. The van der Waals surface area contributed by atoms with E-state index >= 15 is 0 Å². The maximum absolute atomic E-state index is 13.0. The summed E-state index contributed by atoms with van der Waals surface area (Å²) in [6, 6.07) is 14.4. The standard InChI is InChI=1S/C22H21BrClN3O3/c23-18-6-1-2-7-19(18)27-9-8-17(22(27)30)21(29)26-12-10-25(11-13-26)20(28)15-4-3-5-16(24)14-15/h1-7,14,17H,8-13H2. The van der Waals surface area contributed by atoms with Gasteiger partial charge in [0.1, 0.15) is 5.92 Å². The molecule has 0 N–H and O–H groups in total. The van der Waals surface area contributed by atoms with E-state index in [1.54, 1.807) is 39.0 Å². The molecule has 2 heterocycles. The second kappa shape index (κ2) is 8.78. The van der Waals surface area contributed by atoms with Gasteiger partial charge in [-0.1, -0.05) is 29.8 Å². The Balaban J connectivity index is 1.37. The maximum Gasteiger partial charge on any atom is 0.254 e. The van der Waals surface area contributed by atoms with Gasteiger partial charge in [-0.25, -0.2) is 0 Å². The van der Waals surface area contributed by atoms with Crippen LogP contribution in [0.2, 0.25) is 5.02 Å². The van der Waals surface area contributed by atoms with Gasteiger partial charge in [0.2, 0.25) is 11.8 Å². The van der Waals surface area contributed by atoms with Crippen molar-refractivity contribution in [2.45, 2.75) is 6.42 Å². The first-order valence-corrected chi connectivity index (χ1v) is 11.0. The molecular weight excluding hydrogens is 470 g/mol. The van der Waals surface area contributed by atoms with Crippen LogP contribution in [0.15, 0.2) is 53.0 Å². The average molecular weight is 491 g/mol. The summed E-state index contributed by atoms with van der Waals surface area (Å²) in [5.41, 5.74) is 1.33. The van der Waals surface area contributed by atoms with E-state index in [0.29, 0.717) is 49.7 Å². The number of rotatable bonds is 3. The highest BCUT2D eigenvalue weighted by Crippen LogP contribution is 2.32. The van der Waals surface area contributed by atoms with E-state index in [1.807, 2.05) is 24.3 Å². The van der Waals surface area contributed by atoms with E-state index in [4.69, 9.17) is 11.6 Å². The summed E-state index contributed by atoms with van der Waals surface area (Å²) in [7, 11) is 0. The van der Waals surface area contributed by atoms with E-state index < -0.39 is 5.92 Å². The van der Waals surface area contributed by atoms with Crippen LogP contribution >= 0.6 is 27.5 Å². The van der Waals surface area contributed by atoms with Crippen LogP contribution in [0.4, 0.5) is 5.69 Å². The van der Waals surface area contributed by atoms with E-state index in [-0.39, 0.29) is 17.7 Å². The predicted octanol–water partition coefficient (Wildman–Crippen LogP) is 3.44. The van der Waals surface area contributed by atoms with Gasteiger partial charge in [0, 0.05) is 47.8 Å². The number of para-hydroxylation sites is 1. The molecule has 0 aliphatic carbocycles. The fourth-order valence-electron chi connectivity index (χ4n) is 3.97. The number of carbonyl (C=O) groups excluding carboxylic acids is 3. The minimum Gasteiger partial charge on any atom is -0.338 e. The van der Waals surface area contributed by atoms with Crippen molar-refractivity contribution in [2.24, 2.45) is 5.92 Å². The van der Waals surface area contributed by atoms with Crippen molar-refractivity contribution < 1.29 is 14.4 Å². The molecule has 2 saturated heterocycles. The molecular formula is C22H21BrClN3O3. The molecule has 2 aliphatic heterocycles. The highest BCUT2D eigenvalue weighted by Gasteiger charge is 2.41. The van der Waals surface area contributed by atoms with Gasteiger partial charge in [0.05, 0.1) is 5.69 Å². The molecule has 2 fully saturated rings. The quantitative estimate of drug-likeness (QED) is 0.619. The van der Waals surface area contributed by atoms with Crippen molar-refractivity contribution in [3.05, 3.63) is 63.6 Å². The van der Waals surface area contributed by atoms with Gasteiger partial charge < -0.3 is 14.7 Å². The first-order chi connectivity index (χ1) is 14.5. The Morgan fingerprint density at radius 2 is 1.63 bits per heavy atom. The Bertz CT molecular complexity index is 991. The number of nitrogens with zero attached hydrogens (tertiary/aromatic N) is 3. The van der Waals surface area contributed by atoms with Gasteiger partial charge in [-0.3, -0.25) is 14.4 Å². The molecule has 0 saturated carbocycles. The van der Waals surface area contributed by atoms with Crippen molar-refractivity contribution in [2.75, 3.05) is 37.6 Å². The second-order valence-electron chi connectivity index (χ2n) is 7.41. The largest absolute Gasteiger partial charge is 0.338 e. The average Bonchev–Trinajstić information content (AvgIpc) is 3.14. The monoisotopic (exact) mass is 489 g/mol. The first kappa shape index (κ1) is 20.9. The Morgan fingerprint density at radius 1 is 0.933 bits per heavy atom. The molecule has 1 unspecified atom stereocenters. The van der Waals surface area contributed by atoms with Crippen LogP contribution in [-0.4, -0.2) is 60.2 Å². The lowest BCUT2D eigenvalue weighted by atomic mass is 10.1. The SMILES string of the molecule is O=C(c1cccc(Cl)c1)N1CCN(C(=O)C2CCN(c3ccccc3Br)C2=O)CC1. The summed E-state index contributed by atoms with van der Waals surface area (Å²) < 4.78 is 0.833. The first-order valence-electron chi connectivity index (χ1n) is 9.85. The van der Waals surface area contributed by atoms with Crippen LogP contribution in [0, 0.1) is 5.92 Å². The maximum atomic E-state index is 13.0. The molecule has 0 radical (unpaired) electrons. The normalized spacial score (nSPS) is 19.3. The molecule has 4 rings (SSSR count). The van der Waals surface area contributed by atoms with Gasteiger partial charge in [-0.2, -0.15) is 0 Å².